The Morgan fingerprint density at radius 3 is 2.79 bits per heavy atom. The summed E-state index contributed by atoms with van der Waals surface area (Å²) in [6.07, 6.45) is 6.10. The van der Waals surface area contributed by atoms with Crippen LogP contribution in [0.25, 0.3) is 0 Å². The van der Waals surface area contributed by atoms with Crippen molar-refractivity contribution in [2.75, 3.05) is 5.73 Å². The molecule has 0 aliphatic carbocycles. The zero-order chi connectivity index (χ0) is 17.4. The molecule has 0 saturated carbocycles. The van der Waals surface area contributed by atoms with E-state index in [1.54, 1.807) is 12.3 Å². The second kappa shape index (κ2) is 8.54. The molecule has 0 atom stereocenters. The molecule has 0 bridgehead atoms. The molecule has 1 heterocycles. The molecule has 0 saturated heterocycles. The molecule has 0 aliphatic rings. The molecule has 1 aromatic heterocycles. The lowest BCUT2D eigenvalue weighted by Crippen LogP contribution is -2.01. The van der Waals surface area contributed by atoms with E-state index in [9.17, 15) is 4.39 Å². The van der Waals surface area contributed by atoms with Crippen molar-refractivity contribution in [1.82, 2.24) is 4.98 Å². The highest BCUT2D eigenvalue weighted by Gasteiger charge is 2.09. The van der Waals surface area contributed by atoms with Gasteiger partial charge in [-0.2, -0.15) is 0 Å². The van der Waals surface area contributed by atoms with Crippen LogP contribution in [0, 0.1) is 17.7 Å². The van der Waals surface area contributed by atoms with Crippen LogP contribution in [0.1, 0.15) is 26.0 Å². The van der Waals surface area contributed by atoms with Gasteiger partial charge in [0.15, 0.2) is 11.6 Å². The number of ether oxygens (including phenoxy) is 1. The number of nitrogen functional groups attached to an aromatic ring is 1. The van der Waals surface area contributed by atoms with Crippen LogP contribution in [0.15, 0.2) is 66.1 Å². The van der Waals surface area contributed by atoms with Gasteiger partial charge in [-0.05, 0) is 49.6 Å². The topological polar surface area (TPSA) is 48.1 Å². The quantitative estimate of drug-likeness (QED) is 0.391. The molecule has 0 spiro atoms. The molecule has 0 aliphatic heterocycles. The summed E-state index contributed by atoms with van der Waals surface area (Å²) in [5, 5.41) is 0. The Morgan fingerprint density at radius 1 is 1.33 bits per heavy atom. The van der Waals surface area contributed by atoms with E-state index in [1.807, 2.05) is 44.2 Å². The summed E-state index contributed by atoms with van der Waals surface area (Å²) in [7, 11) is 0. The molecule has 122 valence electrons. The Morgan fingerprint density at radius 2 is 2.17 bits per heavy atom. The molecule has 1 aromatic carbocycles. The van der Waals surface area contributed by atoms with E-state index in [0.29, 0.717) is 22.7 Å². The van der Waals surface area contributed by atoms with E-state index in [4.69, 9.17) is 10.5 Å². The fraction of sp³-hybridized carbons (Fsp3) is 0.150. The summed E-state index contributed by atoms with van der Waals surface area (Å²) < 4.78 is 19.7. The predicted molar refractivity (Wildman–Crippen MR) is 94.7 cm³/mol. The standard InChI is InChI=1S/C20H19FN2O/c1-3-7-19(24-20-12-10-16(22)14-18(20)21)15(4-2)9-11-17-8-5-6-13-23-17/h4-8,10,12-14H,3,22H2,1-2H3/b15-4-,19-7+. The van der Waals surface area contributed by atoms with Gasteiger partial charge in [-0.15, -0.1) is 0 Å². The van der Waals surface area contributed by atoms with Crippen molar-refractivity contribution in [3.05, 3.63) is 77.6 Å². The van der Waals surface area contributed by atoms with Crippen LogP contribution in [-0.4, -0.2) is 4.98 Å². The van der Waals surface area contributed by atoms with Crippen molar-refractivity contribution in [3.63, 3.8) is 0 Å². The smallest absolute Gasteiger partial charge is 0.167 e. The largest absolute Gasteiger partial charge is 0.453 e. The lowest BCUT2D eigenvalue weighted by molar-refractivity contribution is 0.406. The maximum Gasteiger partial charge on any atom is 0.167 e. The van der Waals surface area contributed by atoms with Gasteiger partial charge < -0.3 is 10.5 Å². The van der Waals surface area contributed by atoms with Gasteiger partial charge in [0, 0.05) is 18.0 Å². The average Bonchev–Trinajstić information content (AvgIpc) is 2.59. The Labute approximate surface area is 141 Å². The first-order valence-corrected chi connectivity index (χ1v) is 7.66. The Balaban J connectivity index is 2.29. The van der Waals surface area contributed by atoms with Crippen LogP contribution < -0.4 is 10.5 Å². The van der Waals surface area contributed by atoms with Crippen LogP contribution in [-0.2, 0) is 0 Å². The zero-order valence-electron chi connectivity index (χ0n) is 13.7. The van der Waals surface area contributed by atoms with E-state index in [-0.39, 0.29) is 5.75 Å². The van der Waals surface area contributed by atoms with Crippen molar-refractivity contribution in [3.8, 4) is 17.6 Å². The van der Waals surface area contributed by atoms with E-state index in [2.05, 4.69) is 16.8 Å². The summed E-state index contributed by atoms with van der Waals surface area (Å²) in [5.74, 6) is 6.12. The summed E-state index contributed by atoms with van der Waals surface area (Å²) in [6.45, 7) is 3.83. The maximum absolute atomic E-state index is 14.0. The highest BCUT2D eigenvalue weighted by molar-refractivity contribution is 5.49. The number of nitrogens with two attached hydrogens (primary N) is 1. The normalized spacial score (nSPS) is 11.6. The Hall–Kier alpha value is -3.06. The third-order valence-electron chi connectivity index (χ3n) is 3.11. The number of halogens is 1. The first-order valence-electron chi connectivity index (χ1n) is 7.66. The summed E-state index contributed by atoms with van der Waals surface area (Å²) in [4.78, 5) is 4.16. The number of hydrogen-bond acceptors (Lipinski definition) is 3. The molecule has 2 N–H and O–H groups in total. The molecular formula is C20H19FN2O. The third kappa shape index (κ3) is 4.72. The molecule has 2 aromatic rings. The lowest BCUT2D eigenvalue weighted by Gasteiger charge is -2.11. The molecule has 0 unspecified atom stereocenters. The van der Waals surface area contributed by atoms with Crippen molar-refractivity contribution in [2.45, 2.75) is 20.3 Å². The molecular weight excluding hydrogens is 303 g/mol. The summed E-state index contributed by atoms with van der Waals surface area (Å²) in [5.41, 5.74) is 7.24. The number of aromatic nitrogens is 1. The van der Waals surface area contributed by atoms with Crippen LogP contribution in [0.4, 0.5) is 10.1 Å². The van der Waals surface area contributed by atoms with Crippen LogP contribution in [0.2, 0.25) is 0 Å². The number of anilines is 1. The number of allylic oxidation sites excluding steroid dienone is 3. The van der Waals surface area contributed by atoms with Gasteiger partial charge in [-0.25, -0.2) is 9.37 Å². The van der Waals surface area contributed by atoms with Gasteiger partial charge in [0.25, 0.3) is 0 Å². The first kappa shape index (κ1) is 17.3. The van der Waals surface area contributed by atoms with Crippen LogP contribution in [0.5, 0.6) is 5.75 Å². The summed E-state index contributed by atoms with van der Waals surface area (Å²) >= 11 is 0. The van der Waals surface area contributed by atoms with Gasteiger partial charge in [0.1, 0.15) is 11.5 Å². The fourth-order valence-corrected chi connectivity index (χ4v) is 1.95. The van der Waals surface area contributed by atoms with E-state index >= 15 is 0 Å². The molecule has 0 amide bonds. The number of rotatable bonds is 4. The van der Waals surface area contributed by atoms with E-state index in [0.717, 1.165) is 6.42 Å². The van der Waals surface area contributed by atoms with Crippen molar-refractivity contribution < 1.29 is 9.13 Å². The minimum atomic E-state index is -0.509. The molecule has 0 fully saturated rings. The monoisotopic (exact) mass is 322 g/mol. The van der Waals surface area contributed by atoms with Crippen LogP contribution in [0.3, 0.4) is 0 Å². The van der Waals surface area contributed by atoms with Crippen molar-refractivity contribution in [2.24, 2.45) is 0 Å². The SMILES string of the molecule is C/C=C(C#Cc1ccccn1)\C(=C/CC)Oc1ccc(N)cc1F. The second-order valence-corrected chi connectivity index (χ2v) is 4.94. The van der Waals surface area contributed by atoms with Crippen molar-refractivity contribution in [1.29, 1.82) is 0 Å². The summed E-state index contributed by atoms with van der Waals surface area (Å²) in [6, 6.07) is 9.86. The van der Waals surface area contributed by atoms with E-state index in [1.165, 1.54) is 12.1 Å². The van der Waals surface area contributed by atoms with E-state index < -0.39 is 5.82 Å². The van der Waals surface area contributed by atoms with Crippen molar-refractivity contribution >= 4 is 5.69 Å². The zero-order valence-corrected chi connectivity index (χ0v) is 13.7. The Bertz CT molecular complexity index is 815. The number of hydrogen-bond donors (Lipinski definition) is 1. The average molecular weight is 322 g/mol. The van der Waals surface area contributed by atoms with Crippen LogP contribution >= 0.6 is 0 Å². The molecule has 4 heteroatoms. The maximum atomic E-state index is 14.0. The van der Waals surface area contributed by atoms with Gasteiger partial charge in [-0.1, -0.05) is 25.0 Å². The van der Waals surface area contributed by atoms with Gasteiger partial charge >= 0.3 is 0 Å². The number of pyridine rings is 1. The fourth-order valence-electron chi connectivity index (χ4n) is 1.95. The highest BCUT2D eigenvalue weighted by Crippen LogP contribution is 2.24. The van der Waals surface area contributed by atoms with Gasteiger partial charge in [0.05, 0.1) is 5.57 Å². The third-order valence-corrected chi connectivity index (χ3v) is 3.11. The predicted octanol–water partition coefficient (Wildman–Crippen LogP) is 4.47. The number of nitrogens with zero attached hydrogens (tertiary/aromatic N) is 1. The molecule has 2 rings (SSSR count). The molecule has 24 heavy (non-hydrogen) atoms. The minimum Gasteiger partial charge on any atom is -0.453 e. The number of benzene rings is 1. The minimum absolute atomic E-state index is 0.114. The van der Waals surface area contributed by atoms with Gasteiger partial charge in [-0.3, -0.25) is 0 Å². The second-order valence-electron chi connectivity index (χ2n) is 4.94. The molecule has 0 radical (unpaired) electrons. The Kier molecular flexibility index (Phi) is 6.16. The highest BCUT2D eigenvalue weighted by atomic mass is 19.1. The molecule has 3 nitrogen and oxygen atoms in total. The first-order chi connectivity index (χ1) is 11.6. The lowest BCUT2D eigenvalue weighted by atomic mass is 10.1. The van der Waals surface area contributed by atoms with Gasteiger partial charge in [0.2, 0.25) is 0 Å².